The molecule has 1 nitrogen and oxygen atoms in total. The van der Waals surface area contributed by atoms with Gasteiger partial charge >= 0.3 is 0 Å². The molecule has 0 saturated heterocycles. The van der Waals surface area contributed by atoms with Gasteiger partial charge in [0.15, 0.2) is 0 Å². The molecule has 1 atom stereocenters. The Kier molecular flexibility index (Phi) is 3.42. The number of benzene rings is 1. The molecule has 1 aromatic rings. The SMILES string of the molecule is CCC(NCc1cccc(C)c1)C1CC1. The Hall–Kier alpha value is -0.820. The van der Waals surface area contributed by atoms with Crippen LogP contribution in [0.15, 0.2) is 24.3 Å². The van der Waals surface area contributed by atoms with Crippen molar-refractivity contribution in [3.8, 4) is 0 Å². The lowest BCUT2D eigenvalue weighted by molar-refractivity contribution is 0.449. The van der Waals surface area contributed by atoms with E-state index in [1.165, 1.54) is 30.4 Å². The maximum atomic E-state index is 3.67. The molecule has 2 rings (SSSR count). The lowest BCUT2D eigenvalue weighted by Crippen LogP contribution is -2.29. The first-order chi connectivity index (χ1) is 7.29. The summed E-state index contributed by atoms with van der Waals surface area (Å²) in [5.41, 5.74) is 2.77. The summed E-state index contributed by atoms with van der Waals surface area (Å²) in [5, 5.41) is 3.67. The minimum atomic E-state index is 0.741. The van der Waals surface area contributed by atoms with E-state index in [2.05, 4.69) is 43.4 Å². The van der Waals surface area contributed by atoms with Crippen molar-refractivity contribution in [2.45, 2.75) is 45.7 Å². The van der Waals surface area contributed by atoms with Crippen LogP contribution in [0.1, 0.15) is 37.3 Å². The van der Waals surface area contributed by atoms with Crippen LogP contribution in [0.3, 0.4) is 0 Å². The molecule has 15 heavy (non-hydrogen) atoms. The molecule has 0 aliphatic heterocycles. The minimum absolute atomic E-state index is 0.741. The second-order valence-corrected chi connectivity index (χ2v) is 4.72. The molecule has 1 aliphatic carbocycles. The third kappa shape index (κ3) is 3.07. The average molecular weight is 203 g/mol. The van der Waals surface area contributed by atoms with Crippen molar-refractivity contribution < 1.29 is 0 Å². The van der Waals surface area contributed by atoms with Gasteiger partial charge in [-0.1, -0.05) is 36.8 Å². The van der Waals surface area contributed by atoms with Crippen molar-refractivity contribution in [2.24, 2.45) is 5.92 Å². The normalized spacial score (nSPS) is 17.7. The molecule has 1 aliphatic rings. The van der Waals surface area contributed by atoms with Gasteiger partial charge in [-0.05, 0) is 37.7 Å². The van der Waals surface area contributed by atoms with E-state index in [1.54, 1.807) is 0 Å². The number of nitrogens with one attached hydrogen (secondary N) is 1. The molecule has 0 spiro atoms. The van der Waals surface area contributed by atoms with Gasteiger partial charge in [0.1, 0.15) is 0 Å². The zero-order valence-electron chi connectivity index (χ0n) is 9.79. The molecular formula is C14H21N. The highest BCUT2D eigenvalue weighted by molar-refractivity contribution is 5.22. The summed E-state index contributed by atoms with van der Waals surface area (Å²) in [6, 6.07) is 9.52. The first-order valence-electron chi connectivity index (χ1n) is 6.08. The van der Waals surface area contributed by atoms with Crippen molar-refractivity contribution in [1.82, 2.24) is 5.32 Å². The number of aryl methyl sites for hydroxylation is 1. The molecule has 1 fully saturated rings. The van der Waals surface area contributed by atoms with Crippen LogP contribution in [0.4, 0.5) is 0 Å². The van der Waals surface area contributed by atoms with Crippen LogP contribution in [0.2, 0.25) is 0 Å². The zero-order chi connectivity index (χ0) is 10.7. The molecule has 0 amide bonds. The summed E-state index contributed by atoms with van der Waals surface area (Å²) >= 11 is 0. The summed E-state index contributed by atoms with van der Waals surface area (Å²) in [5.74, 6) is 0.958. The van der Waals surface area contributed by atoms with Crippen LogP contribution in [-0.2, 0) is 6.54 Å². The van der Waals surface area contributed by atoms with Gasteiger partial charge in [0.25, 0.3) is 0 Å². The quantitative estimate of drug-likeness (QED) is 0.774. The van der Waals surface area contributed by atoms with Gasteiger partial charge in [0.2, 0.25) is 0 Å². The summed E-state index contributed by atoms with van der Waals surface area (Å²) in [4.78, 5) is 0. The van der Waals surface area contributed by atoms with Crippen molar-refractivity contribution in [3.05, 3.63) is 35.4 Å². The number of hydrogen-bond acceptors (Lipinski definition) is 1. The third-order valence-corrected chi connectivity index (χ3v) is 3.28. The predicted octanol–water partition coefficient (Wildman–Crippen LogP) is 3.27. The van der Waals surface area contributed by atoms with Crippen molar-refractivity contribution in [1.29, 1.82) is 0 Å². The molecule has 0 aromatic heterocycles. The largest absolute Gasteiger partial charge is 0.310 e. The number of rotatable bonds is 5. The van der Waals surface area contributed by atoms with Crippen LogP contribution in [0, 0.1) is 12.8 Å². The van der Waals surface area contributed by atoms with Crippen molar-refractivity contribution in [2.75, 3.05) is 0 Å². The summed E-state index contributed by atoms with van der Waals surface area (Å²) in [6.07, 6.45) is 4.12. The topological polar surface area (TPSA) is 12.0 Å². The molecule has 0 bridgehead atoms. The van der Waals surface area contributed by atoms with Gasteiger partial charge in [0.05, 0.1) is 0 Å². The van der Waals surface area contributed by atoms with Crippen LogP contribution in [0.25, 0.3) is 0 Å². The Morgan fingerprint density at radius 1 is 1.40 bits per heavy atom. The van der Waals surface area contributed by atoms with Gasteiger partial charge in [-0.15, -0.1) is 0 Å². The van der Waals surface area contributed by atoms with Gasteiger partial charge in [-0.25, -0.2) is 0 Å². The van der Waals surface area contributed by atoms with Crippen LogP contribution in [-0.4, -0.2) is 6.04 Å². The van der Waals surface area contributed by atoms with E-state index >= 15 is 0 Å². The van der Waals surface area contributed by atoms with Gasteiger partial charge in [0, 0.05) is 12.6 Å². The molecule has 1 saturated carbocycles. The molecule has 1 aromatic carbocycles. The monoisotopic (exact) mass is 203 g/mol. The van der Waals surface area contributed by atoms with Gasteiger partial charge in [-0.2, -0.15) is 0 Å². The van der Waals surface area contributed by atoms with E-state index in [0.717, 1.165) is 18.5 Å². The molecule has 82 valence electrons. The smallest absolute Gasteiger partial charge is 0.0208 e. The Bertz CT molecular complexity index is 315. The van der Waals surface area contributed by atoms with E-state index < -0.39 is 0 Å². The summed E-state index contributed by atoms with van der Waals surface area (Å²) < 4.78 is 0. The molecule has 1 heteroatoms. The van der Waals surface area contributed by atoms with Gasteiger partial charge < -0.3 is 5.32 Å². The Morgan fingerprint density at radius 3 is 2.80 bits per heavy atom. The fourth-order valence-electron chi connectivity index (χ4n) is 2.21. The summed E-state index contributed by atoms with van der Waals surface area (Å²) in [6.45, 7) is 5.46. The molecular weight excluding hydrogens is 182 g/mol. The van der Waals surface area contributed by atoms with E-state index in [1.807, 2.05) is 0 Å². The van der Waals surface area contributed by atoms with Crippen LogP contribution < -0.4 is 5.32 Å². The third-order valence-electron chi connectivity index (χ3n) is 3.28. The van der Waals surface area contributed by atoms with Crippen LogP contribution >= 0.6 is 0 Å². The van der Waals surface area contributed by atoms with E-state index in [4.69, 9.17) is 0 Å². The van der Waals surface area contributed by atoms with Crippen molar-refractivity contribution in [3.63, 3.8) is 0 Å². The molecule has 1 N–H and O–H groups in total. The van der Waals surface area contributed by atoms with E-state index in [0.29, 0.717) is 0 Å². The Morgan fingerprint density at radius 2 is 2.20 bits per heavy atom. The zero-order valence-corrected chi connectivity index (χ0v) is 9.79. The minimum Gasteiger partial charge on any atom is -0.310 e. The highest BCUT2D eigenvalue weighted by Crippen LogP contribution is 2.33. The Balaban J connectivity index is 1.86. The standard InChI is InChI=1S/C14H21N/c1-3-14(13-7-8-13)15-10-12-6-4-5-11(2)9-12/h4-6,9,13-15H,3,7-8,10H2,1-2H3. The van der Waals surface area contributed by atoms with E-state index in [-0.39, 0.29) is 0 Å². The van der Waals surface area contributed by atoms with Gasteiger partial charge in [-0.3, -0.25) is 0 Å². The van der Waals surface area contributed by atoms with Crippen LogP contribution in [0.5, 0.6) is 0 Å². The first kappa shape index (κ1) is 10.7. The second kappa shape index (κ2) is 4.80. The fourth-order valence-corrected chi connectivity index (χ4v) is 2.21. The fraction of sp³-hybridized carbons (Fsp3) is 0.571. The van der Waals surface area contributed by atoms with E-state index in [9.17, 15) is 0 Å². The second-order valence-electron chi connectivity index (χ2n) is 4.72. The highest BCUT2D eigenvalue weighted by Gasteiger charge is 2.29. The predicted molar refractivity (Wildman–Crippen MR) is 64.8 cm³/mol. The maximum absolute atomic E-state index is 3.67. The molecule has 0 heterocycles. The lowest BCUT2D eigenvalue weighted by Gasteiger charge is -2.16. The first-order valence-corrected chi connectivity index (χ1v) is 6.08. The number of hydrogen-bond donors (Lipinski definition) is 1. The summed E-state index contributed by atoms with van der Waals surface area (Å²) in [7, 11) is 0. The Labute approximate surface area is 92.9 Å². The average Bonchev–Trinajstić information content (AvgIpc) is 3.03. The molecule has 0 radical (unpaired) electrons. The lowest BCUT2D eigenvalue weighted by atomic mass is 10.1. The highest BCUT2D eigenvalue weighted by atomic mass is 14.9. The maximum Gasteiger partial charge on any atom is 0.0208 e. The molecule has 1 unspecified atom stereocenters. The van der Waals surface area contributed by atoms with Crippen molar-refractivity contribution >= 4 is 0 Å².